The van der Waals surface area contributed by atoms with E-state index >= 15 is 0 Å². The van der Waals surface area contributed by atoms with Crippen LogP contribution in [0.5, 0.6) is 0 Å². The highest BCUT2D eigenvalue weighted by molar-refractivity contribution is 5.92. The maximum absolute atomic E-state index is 11.5. The van der Waals surface area contributed by atoms with Crippen LogP contribution in [0.2, 0.25) is 0 Å². The minimum Gasteiger partial charge on any atom is -0.464 e. The fourth-order valence-corrected chi connectivity index (χ4v) is 2.62. The zero-order chi connectivity index (χ0) is 14.8. The minimum absolute atomic E-state index is 0.140. The average Bonchev–Trinajstić information content (AvgIpc) is 3.16. The number of rotatable bonds is 3. The molecule has 2 aromatic rings. The third-order valence-corrected chi connectivity index (χ3v) is 3.78. The number of benzene rings is 1. The van der Waals surface area contributed by atoms with Crippen LogP contribution in [-0.2, 0) is 4.74 Å². The Morgan fingerprint density at radius 3 is 2.43 bits per heavy atom. The SMILES string of the molecule is COC(=O)c1ncn(-c2ccc(N3CCCC3)cc2)c1N. The quantitative estimate of drug-likeness (QED) is 0.872. The van der Waals surface area contributed by atoms with Gasteiger partial charge in [0, 0.05) is 24.5 Å². The van der Waals surface area contributed by atoms with Gasteiger partial charge < -0.3 is 15.4 Å². The standard InChI is InChI=1S/C15H18N4O2/c1-21-15(20)13-14(16)19(10-17-13)12-6-4-11(5-7-12)18-8-2-3-9-18/h4-7,10H,2-3,8-9,16H2,1H3. The Kier molecular flexibility index (Phi) is 3.51. The average molecular weight is 286 g/mol. The monoisotopic (exact) mass is 286 g/mol. The molecule has 3 rings (SSSR count). The lowest BCUT2D eigenvalue weighted by Crippen LogP contribution is -2.17. The summed E-state index contributed by atoms with van der Waals surface area (Å²) in [4.78, 5) is 17.9. The van der Waals surface area contributed by atoms with E-state index < -0.39 is 5.97 Å². The highest BCUT2D eigenvalue weighted by atomic mass is 16.5. The molecule has 0 bridgehead atoms. The van der Waals surface area contributed by atoms with Crippen molar-refractivity contribution in [3.63, 3.8) is 0 Å². The van der Waals surface area contributed by atoms with Crippen molar-refractivity contribution in [1.29, 1.82) is 0 Å². The molecule has 0 saturated carbocycles. The number of hydrogen-bond acceptors (Lipinski definition) is 5. The summed E-state index contributed by atoms with van der Waals surface area (Å²) in [6, 6.07) is 8.09. The Labute approximate surface area is 123 Å². The van der Waals surface area contributed by atoms with Gasteiger partial charge in [0.2, 0.25) is 0 Å². The molecule has 1 aliphatic rings. The molecule has 1 aliphatic heterocycles. The normalized spacial score (nSPS) is 14.4. The summed E-state index contributed by atoms with van der Waals surface area (Å²) in [7, 11) is 1.31. The smallest absolute Gasteiger partial charge is 0.360 e. The van der Waals surface area contributed by atoms with Crippen molar-refractivity contribution in [1.82, 2.24) is 9.55 Å². The molecule has 21 heavy (non-hydrogen) atoms. The Bertz CT molecular complexity index is 642. The molecule has 110 valence electrons. The minimum atomic E-state index is -0.528. The number of carbonyl (C=O) groups is 1. The third kappa shape index (κ3) is 2.44. The van der Waals surface area contributed by atoms with Crippen LogP contribution in [0, 0.1) is 0 Å². The molecule has 0 aliphatic carbocycles. The van der Waals surface area contributed by atoms with Gasteiger partial charge in [-0.05, 0) is 37.1 Å². The van der Waals surface area contributed by atoms with Crippen LogP contribution < -0.4 is 10.6 Å². The first kappa shape index (κ1) is 13.5. The van der Waals surface area contributed by atoms with Gasteiger partial charge in [-0.3, -0.25) is 4.57 Å². The van der Waals surface area contributed by atoms with Gasteiger partial charge in [0.1, 0.15) is 12.1 Å². The summed E-state index contributed by atoms with van der Waals surface area (Å²) in [6.07, 6.45) is 4.03. The second-order valence-corrected chi connectivity index (χ2v) is 5.05. The molecule has 2 N–H and O–H groups in total. The first-order valence-corrected chi connectivity index (χ1v) is 6.97. The Morgan fingerprint density at radius 1 is 1.19 bits per heavy atom. The van der Waals surface area contributed by atoms with Gasteiger partial charge in [-0.2, -0.15) is 0 Å². The van der Waals surface area contributed by atoms with Gasteiger partial charge in [-0.15, -0.1) is 0 Å². The van der Waals surface area contributed by atoms with Crippen molar-refractivity contribution < 1.29 is 9.53 Å². The summed E-state index contributed by atoms with van der Waals surface area (Å²) >= 11 is 0. The third-order valence-electron chi connectivity index (χ3n) is 3.78. The van der Waals surface area contributed by atoms with E-state index in [0.717, 1.165) is 18.8 Å². The largest absolute Gasteiger partial charge is 0.464 e. The van der Waals surface area contributed by atoms with E-state index in [0.29, 0.717) is 0 Å². The zero-order valence-electron chi connectivity index (χ0n) is 12.0. The molecular weight excluding hydrogens is 268 g/mol. The highest BCUT2D eigenvalue weighted by Gasteiger charge is 2.17. The number of hydrogen-bond donors (Lipinski definition) is 1. The van der Waals surface area contributed by atoms with Gasteiger partial charge in [0.15, 0.2) is 5.69 Å². The Balaban J connectivity index is 1.87. The van der Waals surface area contributed by atoms with E-state index in [4.69, 9.17) is 5.73 Å². The number of nitrogens with two attached hydrogens (primary N) is 1. The Morgan fingerprint density at radius 2 is 1.81 bits per heavy atom. The van der Waals surface area contributed by atoms with Gasteiger partial charge in [-0.1, -0.05) is 0 Å². The molecule has 1 saturated heterocycles. The first-order chi connectivity index (χ1) is 10.2. The fourth-order valence-electron chi connectivity index (χ4n) is 2.62. The molecule has 6 heteroatoms. The van der Waals surface area contributed by atoms with Crippen molar-refractivity contribution in [2.24, 2.45) is 0 Å². The van der Waals surface area contributed by atoms with Gasteiger partial charge >= 0.3 is 5.97 Å². The summed E-state index contributed by atoms with van der Waals surface area (Å²) in [5, 5.41) is 0. The lowest BCUT2D eigenvalue weighted by molar-refractivity contribution is 0.0596. The van der Waals surface area contributed by atoms with Gasteiger partial charge in [-0.25, -0.2) is 9.78 Å². The molecule has 2 heterocycles. The van der Waals surface area contributed by atoms with Gasteiger partial charge in [0.25, 0.3) is 0 Å². The van der Waals surface area contributed by atoms with Crippen LogP contribution in [-0.4, -0.2) is 35.7 Å². The van der Waals surface area contributed by atoms with Crippen molar-refractivity contribution in [2.45, 2.75) is 12.8 Å². The molecule has 0 spiro atoms. The summed E-state index contributed by atoms with van der Waals surface area (Å²) < 4.78 is 6.33. The number of imidazole rings is 1. The van der Waals surface area contributed by atoms with Crippen LogP contribution in [0.4, 0.5) is 11.5 Å². The van der Waals surface area contributed by atoms with Crippen LogP contribution in [0.1, 0.15) is 23.3 Å². The van der Waals surface area contributed by atoms with E-state index in [-0.39, 0.29) is 11.5 Å². The molecule has 1 aromatic carbocycles. The number of methoxy groups -OCH3 is 1. The van der Waals surface area contributed by atoms with E-state index in [1.807, 2.05) is 12.1 Å². The predicted molar refractivity (Wildman–Crippen MR) is 80.8 cm³/mol. The number of ether oxygens (including phenoxy) is 1. The van der Waals surface area contributed by atoms with Gasteiger partial charge in [0.05, 0.1) is 7.11 Å². The maximum Gasteiger partial charge on any atom is 0.360 e. The van der Waals surface area contributed by atoms with Crippen LogP contribution in [0.15, 0.2) is 30.6 Å². The first-order valence-electron chi connectivity index (χ1n) is 6.97. The topological polar surface area (TPSA) is 73.4 Å². The van der Waals surface area contributed by atoms with Crippen molar-refractivity contribution >= 4 is 17.5 Å². The van der Waals surface area contributed by atoms with E-state index in [1.54, 1.807) is 4.57 Å². The predicted octanol–water partition coefficient (Wildman–Crippen LogP) is 1.84. The lowest BCUT2D eigenvalue weighted by atomic mass is 10.2. The molecule has 0 radical (unpaired) electrons. The molecule has 0 amide bonds. The van der Waals surface area contributed by atoms with E-state index in [9.17, 15) is 4.79 Å². The van der Waals surface area contributed by atoms with Crippen molar-refractivity contribution in [3.05, 3.63) is 36.3 Å². The number of aromatic nitrogens is 2. The number of esters is 1. The Hall–Kier alpha value is -2.50. The number of nitrogens with zero attached hydrogens (tertiary/aromatic N) is 3. The van der Waals surface area contributed by atoms with Crippen molar-refractivity contribution in [2.75, 3.05) is 30.8 Å². The number of carbonyl (C=O) groups excluding carboxylic acids is 1. The van der Waals surface area contributed by atoms with E-state index in [1.165, 1.54) is 32.0 Å². The lowest BCUT2D eigenvalue weighted by Gasteiger charge is -2.18. The maximum atomic E-state index is 11.5. The van der Waals surface area contributed by atoms with E-state index in [2.05, 4.69) is 26.8 Å². The zero-order valence-corrected chi connectivity index (χ0v) is 12.0. The second-order valence-electron chi connectivity index (χ2n) is 5.05. The summed E-state index contributed by atoms with van der Waals surface area (Å²) in [5.41, 5.74) is 8.19. The molecule has 6 nitrogen and oxygen atoms in total. The summed E-state index contributed by atoms with van der Waals surface area (Å²) in [5.74, 6) is -0.240. The number of nitrogen functional groups attached to an aromatic ring is 1. The molecular formula is C15H18N4O2. The second kappa shape index (κ2) is 5.47. The highest BCUT2D eigenvalue weighted by Crippen LogP contribution is 2.23. The van der Waals surface area contributed by atoms with Crippen LogP contribution in [0.25, 0.3) is 5.69 Å². The molecule has 1 aromatic heterocycles. The molecule has 0 unspecified atom stereocenters. The number of anilines is 2. The van der Waals surface area contributed by atoms with Crippen molar-refractivity contribution in [3.8, 4) is 5.69 Å². The van der Waals surface area contributed by atoms with Crippen LogP contribution >= 0.6 is 0 Å². The molecule has 0 atom stereocenters. The fraction of sp³-hybridized carbons (Fsp3) is 0.333. The summed E-state index contributed by atoms with van der Waals surface area (Å²) in [6.45, 7) is 2.22. The molecule has 1 fully saturated rings. The van der Waals surface area contributed by atoms with Crippen LogP contribution in [0.3, 0.4) is 0 Å².